The van der Waals surface area contributed by atoms with Crippen LogP contribution in [0.5, 0.6) is 17.2 Å². The number of ether oxygens (including phenoxy) is 3. The van der Waals surface area contributed by atoms with E-state index < -0.39 is 0 Å². The van der Waals surface area contributed by atoms with Gasteiger partial charge in [-0.25, -0.2) is 0 Å². The van der Waals surface area contributed by atoms with Gasteiger partial charge in [-0.05, 0) is 56.9 Å². The molecule has 0 saturated carbocycles. The van der Waals surface area contributed by atoms with Crippen LogP contribution in [0.4, 0.5) is 0 Å². The number of benzene rings is 3. The molecule has 0 heterocycles. The molecule has 0 bridgehead atoms. The zero-order chi connectivity index (χ0) is 16.6. The standard InChI is InChI=1S/C18H17IO4/c1-21-14-6-4-5-10-11-7-15(22-2)16(23-3)8-12(11)18(19)13(9-20)17(10)14/h4-8,20H,9H2,1-3H3. The van der Waals surface area contributed by atoms with E-state index in [2.05, 4.69) is 22.6 Å². The molecule has 3 aromatic rings. The van der Waals surface area contributed by atoms with Gasteiger partial charge in [-0.15, -0.1) is 0 Å². The molecule has 0 aliphatic heterocycles. The highest BCUT2D eigenvalue weighted by atomic mass is 127. The molecule has 0 fully saturated rings. The summed E-state index contributed by atoms with van der Waals surface area (Å²) in [4.78, 5) is 0. The second-order valence-electron chi connectivity index (χ2n) is 5.09. The number of fused-ring (bicyclic) bond motifs is 3. The van der Waals surface area contributed by atoms with Crippen LogP contribution in [0.1, 0.15) is 5.56 Å². The number of hydrogen-bond donors (Lipinski definition) is 1. The lowest BCUT2D eigenvalue weighted by molar-refractivity contribution is 0.282. The van der Waals surface area contributed by atoms with E-state index in [0.717, 1.165) is 36.4 Å². The average molecular weight is 424 g/mol. The molecule has 120 valence electrons. The quantitative estimate of drug-likeness (QED) is 0.506. The highest BCUT2D eigenvalue weighted by Crippen LogP contribution is 2.42. The van der Waals surface area contributed by atoms with Crippen molar-refractivity contribution >= 4 is 44.1 Å². The second kappa shape index (κ2) is 6.41. The molecule has 0 amide bonds. The Morgan fingerprint density at radius 1 is 0.870 bits per heavy atom. The minimum absolute atomic E-state index is 0.0561. The SMILES string of the molecule is COc1cc2c(I)c(CO)c3c(OC)cccc3c2cc1OC. The van der Waals surface area contributed by atoms with E-state index >= 15 is 0 Å². The average Bonchev–Trinajstić information content (AvgIpc) is 2.60. The van der Waals surface area contributed by atoms with Gasteiger partial charge in [0.15, 0.2) is 11.5 Å². The van der Waals surface area contributed by atoms with Crippen LogP contribution in [0.25, 0.3) is 21.5 Å². The normalized spacial score (nSPS) is 11.0. The van der Waals surface area contributed by atoms with Crippen molar-refractivity contribution in [3.05, 3.63) is 39.5 Å². The first-order valence-corrected chi connectivity index (χ1v) is 8.17. The molecule has 1 N–H and O–H groups in total. The Morgan fingerprint density at radius 2 is 1.48 bits per heavy atom. The largest absolute Gasteiger partial charge is 0.496 e. The molecule has 0 unspecified atom stereocenters. The first-order valence-electron chi connectivity index (χ1n) is 7.09. The fourth-order valence-corrected chi connectivity index (χ4v) is 3.83. The maximum atomic E-state index is 9.91. The minimum Gasteiger partial charge on any atom is -0.496 e. The van der Waals surface area contributed by atoms with Gasteiger partial charge in [0.2, 0.25) is 0 Å². The van der Waals surface area contributed by atoms with Crippen LogP contribution < -0.4 is 14.2 Å². The maximum absolute atomic E-state index is 9.91. The van der Waals surface area contributed by atoms with E-state index in [1.165, 1.54) is 0 Å². The van der Waals surface area contributed by atoms with Crippen LogP contribution in [-0.2, 0) is 6.61 Å². The van der Waals surface area contributed by atoms with Gasteiger partial charge in [0.25, 0.3) is 0 Å². The van der Waals surface area contributed by atoms with Gasteiger partial charge < -0.3 is 19.3 Å². The number of rotatable bonds is 4. The summed E-state index contributed by atoms with van der Waals surface area (Å²) in [6.07, 6.45) is 0. The van der Waals surface area contributed by atoms with Crippen LogP contribution in [0, 0.1) is 3.57 Å². The summed E-state index contributed by atoms with van der Waals surface area (Å²) >= 11 is 2.26. The van der Waals surface area contributed by atoms with E-state index in [0.29, 0.717) is 11.5 Å². The zero-order valence-corrected chi connectivity index (χ0v) is 15.3. The summed E-state index contributed by atoms with van der Waals surface area (Å²) < 4.78 is 17.3. The molecule has 4 nitrogen and oxygen atoms in total. The van der Waals surface area contributed by atoms with Crippen LogP contribution in [0.15, 0.2) is 30.3 Å². The van der Waals surface area contributed by atoms with Crippen molar-refractivity contribution in [1.82, 2.24) is 0 Å². The predicted octanol–water partition coefficient (Wildman–Crippen LogP) is 4.12. The molecule has 5 heteroatoms. The van der Waals surface area contributed by atoms with Gasteiger partial charge in [0.05, 0.1) is 27.9 Å². The summed E-state index contributed by atoms with van der Waals surface area (Å²) in [5, 5.41) is 13.9. The van der Waals surface area contributed by atoms with Crippen LogP contribution in [0.3, 0.4) is 0 Å². The van der Waals surface area contributed by atoms with Gasteiger partial charge in [0.1, 0.15) is 5.75 Å². The van der Waals surface area contributed by atoms with Gasteiger partial charge in [-0.2, -0.15) is 0 Å². The van der Waals surface area contributed by atoms with Crippen molar-refractivity contribution < 1.29 is 19.3 Å². The predicted molar refractivity (Wildman–Crippen MR) is 99.7 cm³/mol. The Bertz CT molecular complexity index is 889. The number of hydrogen-bond acceptors (Lipinski definition) is 4. The summed E-state index contributed by atoms with van der Waals surface area (Å²) in [5.41, 5.74) is 0.859. The maximum Gasteiger partial charge on any atom is 0.161 e. The summed E-state index contributed by atoms with van der Waals surface area (Å²) in [6, 6.07) is 9.81. The third-order valence-corrected chi connectivity index (χ3v) is 5.25. The highest BCUT2D eigenvalue weighted by molar-refractivity contribution is 14.1. The van der Waals surface area contributed by atoms with E-state index in [9.17, 15) is 5.11 Å². The Balaban J connectivity index is 2.56. The van der Waals surface area contributed by atoms with Crippen LogP contribution in [0.2, 0.25) is 0 Å². The van der Waals surface area contributed by atoms with E-state index in [-0.39, 0.29) is 6.61 Å². The smallest absolute Gasteiger partial charge is 0.161 e. The molecular weight excluding hydrogens is 407 g/mol. The number of methoxy groups -OCH3 is 3. The Morgan fingerprint density at radius 3 is 2.04 bits per heavy atom. The van der Waals surface area contributed by atoms with Crippen LogP contribution >= 0.6 is 22.6 Å². The molecule has 0 aromatic heterocycles. The number of aliphatic hydroxyl groups excluding tert-OH is 1. The van der Waals surface area contributed by atoms with Gasteiger partial charge in [0, 0.05) is 14.5 Å². The molecular formula is C18H17IO4. The van der Waals surface area contributed by atoms with Crippen molar-refractivity contribution in [2.45, 2.75) is 6.61 Å². The molecule has 0 aliphatic carbocycles. The molecule has 0 aliphatic rings. The third kappa shape index (κ3) is 2.48. The van der Waals surface area contributed by atoms with Gasteiger partial charge in [-0.1, -0.05) is 12.1 Å². The molecule has 23 heavy (non-hydrogen) atoms. The van der Waals surface area contributed by atoms with Gasteiger partial charge in [-0.3, -0.25) is 0 Å². The van der Waals surface area contributed by atoms with E-state index in [1.54, 1.807) is 21.3 Å². The first-order chi connectivity index (χ1) is 11.2. The van der Waals surface area contributed by atoms with Crippen molar-refractivity contribution in [3.8, 4) is 17.2 Å². The topological polar surface area (TPSA) is 47.9 Å². The summed E-state index contributed by atoms with van der Waals surface area (Å²) in [7, 11) is 4.88. The molecule has 0 atom stereocenters. The molecule has 3 rings (SSSR count). The fourth-order valence-electron chi connectivity index (χ4n) is 2.94. The second-order valence-corrected chi connectivity index (χ2v) is 6.17. The third-order valence-electron chi connectivity index (χ3n) is 4.02. The van der Waals surface area contributed by atoms with E-state index in [4.69, 9.17) is 14.2 Å². The number of halogens is 1. The molecule has 3 aromatic carbocycles. The van der Waals surface area contributed by atoms with Crippen molar-refractivity contribution in [1.29, 1.82) is 0 Å². The number of aliphatic hydroxyl groups is 1. The van der Waals surface area contributed by atoms with Crippen molar-refractivity contribution in [2.75, 3.05) is 21.3 Å². The fraction of sp³-hybridized carbons (Fsp3) is 0.222. The monoisotopic (exact) mass is 424 g/mol. The van der Waals surface area contributed by atoms with Gasteiger partial charge >= 0.3 is 0 Å². The lowest BCUT2D eigenvalue weighted by atomic mass is 9.96. The molecule has 0 saturated heterocycles. The summed E-state index contributed by atoms with van der Waals surface area (Å²) in [5.74, 6) is 2.10. The van der Waals surface area contributed by atoms with Crippen LogP contribution in [-0.4, -0.2) is 26.4 Å². The minimum atomic E-state index is -0.0561. The Labute approximate surface area is 148 Å². The highest BCUT2D eigenvalue weighted by Gasteiger charge is 2.18. The van der Waals surface area contributed by atoms with Crippen molar-refractivity contribution in [3.63, 3.8) is 0 Å². The molecule has 0 spiro atoms. The Kier molecular flexibility index (Phi) is 4.50. The zero-order valence-electron chi connectivity index (χ0n) is 13.1. The lowest BCUT2D eigenvalue weighted by Crippen LogP contribution is -1.98. The molecule has 0 radical (unpaired) electrons. The first kappa shape index (κ1) is 16.1. The van der Waals surface area contributed by atoms with E-state index in [1.807, 2.05) is 30.3 Å². The Hall–Kier alpha value is -1.73. The summed E-state index contributed by atoms with van der Waals surface area (Å²) in [6.45, 7) is -0.0561. The lowest BCUT2D eigenvalue weighted by Gasteiger charge is -2.17. The van der Waals surface area contributed by atoms with Crippen molar-refractivity contribution in [2.24, 2.45) is 0 Å².